The predicted octanol–water partition coefficient (Wildman–Crippen LogP) is 3.73. The Morgan fingerprint density at radius 2 is 2.25 bits per heavy atom. The summed E-state index contributed by atoms with van der Waals surface area (Å²) >= 11 is 0. The van der Waals surface area contributed by atoms with Crippen molar-refractivity contribution in [3.8, 4) is 0 Å². The molecule has 106 valence electrons. The van der Waals surface area contributed by atoms with Gasteiger partial charge in [0.15, 0.2) is 0 Å². The number of benzene rings is 1. The van der Waals surface area contributed by atoms with E-state index in [0.717, 1.165) is 23.4 Å². The standard InChI is InChI=1S/C16H20N2O2/c1-3-11-5-7-14(10(11)2)18-9-17-13-6-4-12(16(19)20)8-15(13)18/h4,6,8-11,14H,3,5,7H2,1-2H3,(H,19,20). The third-order valence-electron chi connectivity index (χ3n) is 4.89. The first-order valence-electron chi connectivity index (χ1n) is 7.31. The van der Waals surface area contributed by atoms with Gasteiger partial charge in [0.2, 0.25) is 0 Å². The van der Waals surface area contributed by atoms with Gasteiger partial charge in [0.05, 0.1) is 22.9 Å². The van der Waals surface area contributed by atoms with Gasteiger partial charge < -0.3 is 9.67 Å². The number of imidazole rings is 1. The molecule has 1 aliphatic carbocycles. The third-order valence-corrected chi connectivity index (χ3v) is 4.89. The summed E-state index contributed by atoms with van der Waals surface area (Å²) in [5.41, 5.74) is 2.15. The second-order valence-corrected chi connectivity index (χ2v) is 5.83. The zero-order chi connectivity index (χ0) is 14.3. The summed E-state index contributed by atoms with van der Waals surface area (Å²) in [6.07, 6.45) is 5.49. The van der Waals surface area contributed by atoms with Gasteiger partial charge >= 0.3 is 5.97 Å². The van der Waals surface area contributed by atoms with Crippen LogP contribution in [0.15, 0.2) is 24.5 Å². The molecule has 3 rings (SSSR count). The van der Waals surface area contributed by atoms with Gasteiger partial charge in [-0.25, -0.2) is 9.78 Å². The van der Waals surface area contributed by atoms with Crippen LogP contribution in [0.3, 0.4) is 0 Å². The molecule has 3 unspecified atom stereocenters. The molecule has 1 heterocycles. The van der Waals surface area contributed by atoms with E-state index in [-0.39, 0.29) is 0 Å². The number of rotatable bonds is 3. The summed E-state index contributed by atoms with van der Waals surface area (Å²) < 4.78 is 2.18. The maximum Gasteiger partial charge on any atom is 0.335 e. The number of carboxylic acid groups (broad SMARTS) is 1. The average Bonchev–Trinajstić information content (AvgIpc) is 3.01. The molecule has 0 radical (unpaired) electrons. The zero-order valence-corrected chi connectivity index (χ0v) is 11.9. The maximum absolute atomic E-state index is 11.1. The van der Waals surface area contributed by atoms with E-state index < -0.39 is 5.97 Å². The normalized spacial score (nSPS) is 26.2. The van der Waals surface area contributed by atoms with Gasteiger partial charge in [-0.05, 0) is 42.9 Å². The van der Waals surface area contributed by atoms with Gasteiger partial charge in [0.1, 0.15) is 0 Å². The first-order chi connectivity index (χ1) is 9.61. The molecule has 0 spiro atoms. The molecule has 0 aliphatic heterocycles. The van der Waals surface area contributed by atoms with Gasteiger partial charge in [0.25, 0.3) is 0 Å². The highest BCUT2D eigenvalue weighted by atomic mass is 16.4. The van der Waals surface area contributed by atoms with E-state index in [0.29, 0.717) is 17.5 Å². The Labute approximate surface area is 118 Å². The number of hydrogen-bond donors (Lipinski definition) is 1. The molecule has 20 heavy (non-hydrogen) atoms. The molecule has 1 N–H and O–H groups in total. The Kier molecular flexibility index (Phi) is 3.24. The minimum Gasteiger partial charge on any atom is -0.478 e. The van der Waals surface area contributed by atoms with E-state index in [1.165, 1.54) is 12.8 Å². The minimum absolute atomic E-state index is 0.331. The van der Waals surface area contributed by atoms with Crippen molar-refractivity contribution < 1.29 is 9.90 Å². The smallest absolute Gasteiger partial charge is 0.335 e. The highest BCUT2D eigenvalue weighted by Gasteiger charge is 2.33. The van der Waals surface area contributed by atoms with Crippen LogP contribution in [0, 0.1) is 11.8 Å². The van der Waals surface area contributed by atoms with Crippen molar-refractivity contribution >= 4 is 17.0 Å². The van der Waals surface area contributed by atoms with Crippen LogP contribution in [-0.4, -0.2) is 20.6 Å². The second kappa shape index (κ2) is 4.93. The Balaban J connectivity index is 2.03. The van der Waals surface area contributed by atoms with Crippen LogP contribution in [0.4, 0.5) is 0 Å². The van der Waals surface area contributed by atoms with E-state index in [1.54, 1.807) is 18.2 Å². The fourth-order valence-corrected chi connectivity index (χ4v) is 3.62. The monoisotopic (exact) mass is 272 g/mol. The molecule has 3 atom stereocenters. The van der Waals surface area contributed by atoms with Crippen molar-refractivity contribution in [1.29, 1.82) is 0 Å². The fraction of sp³-hybridized carbons (Fsp3) is 0.500. The fourth-order valence-electron chi connectivity index (χ4n) is 3.62. The molecule has 4 heteroatoms. The first kappa shape index (κ1) is 13.2. The van der Waals surface area contributed by atoms with E-state index in [2.05, 4.69) is 23.4 Å². The van der Waals surface area contributed by atoms with Crippen molar-refractivity contribution in [1.82, 2.24) is 9.55 Å². The average molecular weight is 272 g/mol. The number of carbonyl (C=O) groups is 1. The van der Waals surface area contributed by atoms with E-state index >= 15 is 0 Å². The van der Waals surface area contributed by atoms with Crippen molar-refractivity contribution in [2.24, 2.45) is 11.8 Å². The second-order valence-electron chi connectivity index (χ2n) is 5.83. The van der Waals surface area contributed by atoms with Gasteiger partial charge in [-0.15, -0.1) is 0 Å². The number of hydrogen-bond acceptors (Lipinski definition) is 2. The van der Waals surface area contributed by atoms with E-state index in [4.69, 9.17) is 5.11 Å². The molecule has 0 saturated heterocycles. The topological polar surface area (TPSA) is 55.1 Å². The van der Waals surface area contributed by atoms with Crippen LogP contribution in [0.1, 0.15) is 49.5 Å². The summed E-state index contributed by atoms with van der Waals surface area (Å²) in [5.74, 6) is 0.497. The van der Waals surface area contributed by atoms with E-state index in [1.807, 2.05) is 6.33 Å². The lowest BCUT2D eigenvalue weighted by Gasteiger charge is -2.21. The first-order valence-corrected chi connectivity index (χ1v) is 7.31. The van der Waals surface area contributed by atoms with Gasteiger partial charge in [-0.3, -0.25) is 0 Å². The number of fused-ring (bicyclic) bond motifs is 1. The molecule has 2 aromatic rings. The van der Waals surface area contributed by atoms with E-state index in [9.17, 15) is 4.79 Å². The lowest BCUT2D eigenvalue weighted by Crippen LogP contribution is -2.15. The molecule has 0 amide bonds. The zero-order valence-electron chi connectivity index (χ0n) is 11.9. The lowest BCUT2D eigenvalue weighted by atomic mass is 9.93. The third kappa shape index (κ3) is 1.99. The molecule has 1 saturated carbocycles. The van der Waals surface area contributed by atoms with Gasteiger partial charge in [0, 0.05) is 6.04 Å². The lowest BCUT2D eigenvalue weighted by molar-refractivity contribution is 0.0697. The highest BCUT2D eigenvalue weighted by molar-refractivity contribution is 5.92. The van der Waals surface area contributed by atoms with Gasteiger partial charge in [-0.1, -0.05) is 20.3 Å². The Hall–Kier alpha value is -1.84. The molecular formula is C16H20N2O2. The summed E-state index contributed by atoms with van der Waals surface area (Å²) in [7, 11) is 0. The van der Waals surface area contributed by atoms with Crippen LogP contribution in [0.25, 0.3) is 11.0 Å². The van der Waals surface area contributed by atoms with Crippen LogP contribution in [0.2, 0.25) is 0 Å². The van der Waals surface area contributed by atoms with Crippen LogP contribution >= 0.6 is 0 Å². The van der Waals surface area contributed by atoms with Crippen LogP contribution < -0.4 is 0 Å². The van der Waals surface area contributed by atoms with Crippen molar-refractivity contribution in [3.63, 3.8) is 0 Å². The summed E-state index contributed by atoms with van der Waals surface area (Å²) in [5, 5.41) is 9.14. The molecule has 1 aromatic carbocycles. The minimum atomic E-state index is -0.884. The Morgan fingerprint density at radius 3 is 2.90 bits per heavy atom. The van der Waals surface area contributed by atoms with Crippen molar-refractivity contribution in [2.75, 3.05) is 0 Å². The van der Waals surface area contributed by atoms with Crippen LogP contribution in [0.5, 0.6) is 0 Å². The number of nitrogens with zero attached hydrogens (tertiary/aromatic N) is 2. The largest absolute Gasteiger partial charge is 0.478 e. The predicted molar refractivity (Wildman–Crippen MR) is 77.9 cm³/mol. The quantitative estimate of drug-likeness (QED) is 0.926. The molecule has 1 aliphatic rings. The summed E-state index contributed by atoms with van der Waals surface area (Å²) in [4.78, 5) is 15.6. The van der Waals surface area contributed by atoms with Crippen molar-refractivity contribution in [2.45, 2.75) is 39.2 Å². The SMILES string of the molecule is CCC1CCC(n2cnc3ccc(C(=O)O)cc32)C1C. The molecule has 1 fully saturated rings. The number of aromatic nitrogens is 2. The molecule has 1 aromatic heterocycles. The van der Waals surface area contributed by atoms with Crippen molar-refractivity contribution in [3.05, 3.63) is 30.1 Å². The van der Waals surface area contributed by atoms with Gasteiger partial charge in [-0.2, -0.15) is 0 Å². The summed E-state index contributed by atoms with van der Waals surface area (Å²) in [6, 6.07) is 5.60. The molecule has 0 bridgehead atoms. The summed E-state index contributed by atoms with van der Waals surface area (Å²) in [6.45, 7) is 4.55. The number of aromatic carboxylic acids is 1. The highest BCUT2D eigenvalue weighted by Crippen LogP contribution is 2.42. The van der Waals surface area contributed by atoms with Crippen LogP contribution in [-0.2, 0) is 0 Å². The number of carboxylic acids is 1. The Morgan fingerprint density at radius 1 is 1.45 bits per heavy atom. The Bertz CT molecular complexity index is 647. The maximum atomic E-state index is 11.1. The molecule has 4 nitrogen and oxygen atoms in total. The molecular weight excluding hydrogens is 252 g/mol.